The molecule has 0 unspecified atom stereocenters. The molecule has 25 heavy (non-hydrogen) atoms. The number of aliphatic carboxylic acids is 1. The van der Waals surface area contributed by atoms with Gasteiger partial charge in [-0.15, -0.1) is 0 Å². The van der Waals surface area contributed by atoms with E-state index < -0.39 is 11.9 Å². The Bertz CT molecular complexity index is 564. The first-order valence-corrected chi connectivity index (χ1v) is 9.52. The third-order valence-electron chi connectivity index (χ3n) is 5.20. The first-order valence-electron chi connectivity index (χ1n) is 9.52. The molecule has 1 fully saturated rings. The molecule has 0 saturated heterocycles. The van der Waals surface area contributed by atoms with Gasteiger partial charge in [-0.05, 0) is 56.1 Å². The topological polar surface area (TPSA) is 63.6 Å². The van der Waals surface area contributed by atoms with Gasteiger partial charge in [0.1, 0.15) is 6.10 Å². The zero-order chi connectivity index (χ0) is 18.2. The maximum absolute atomic E-state index is 12.0. The van der Waals surface area contributed by atoms with Crippen molar-refractivity contribution < 1.29 is 19.4 Å². The smallest absolute Gasteiger partial charge is 0.310 e. The Morgan fingerprint density at radius 2 is 1.92 bits per heavy atom. The minimum Gasteiger partial charge on any atom is -0.481 e. The Labute approximate surface area is 150 Å². The lowest BCUT2D eigenvalue weighted by atomic mass is 9.93. The third kappa shape index (κ3) is 5.87. The SMILES string of the molecule is CCCCCC(=O)O[C@H]1CCC[C@@H]1Cc1ccc([C@H](C)C(=O)O)cc1. The van der Waals surface area contributed by atoms with Crippen molar-refractivity contribution in [3.05, 3.63) is 35.4 Å². The van der Waals surface area contributed by atoms with Crippen LogP contribution in [0.5, 0.6) is 0 Å². The second-order valence-electron chi connectivity index (χ2n) is 7.18. The van der Waals surface area contributed by atoms with Crippen LogP contribution in [0.15, 0.2) is 24.3 Å². The normalized spacial score (nSPS) is 21.0. The zero-order valence-electron chi connectivity index (χ0n) is 15.4. The molecule has 1 aromatic carbocycles. The first-order chi connectivity index (χ1) is 12.0. The number of carboxylic acids is 1. The lowest BCUT2D eigenvalue weighted by Gasteiger charge is -2.20. The number of carbonyl (C=O) groups excluding carboxylic acids is 1. The van der Waals surface area contributed by atoms with Crippen LogP contribution in [-0.4, -0.2) is 23.1 Å². The number of carboxylic acid groups (broad SMARTS) is 1. The summed E-state index contributed by atoms with van der Waals surface area (Å²) in [7, 11) is 0. The van der Waals surface area contributed by atoms with Crippen LogP contribution < -0.4 is 0 Å². The van der Waals surface area contributed by atoms with Gasteiger partial charge in [-0.25, -0.2) is 0 Å². The monoisotopic (exact) mass is 346 g/mol. The number of hydrogen-bond donors (Lipinski definition) is 1. The second kappa shape index (κ2) is 9.59. The summed E-state index contributed by atoms with van der Waals surface area (Å²) in [5.41, 5.74) is 2.00. The van der Waals surface area contributed by atoms with Crippen LogP contribution in [0.2, 0.25) is 0 Å². The molecule has 4 heteroatoms. The average Bonchev–Trinajstić information content (AvgIpc) is 3.01. The summed E-state index contributed by atoms with van der Waals surface area (Å²) >= 11 is 0. The number of esters is 1. The van der Waals surface area contributed by atoms with Gasteiger partial charge in [0, 0.05) is 6.42 Å². The van der Waals surface area contributed by atoms with E-state index in [0.29, 0.717) is 12.3 Å². The zero-order valence-corrected chi connectivity index (χ0v) is 15.4. The van der Waals surface area contributed by atoms with Gasteiger partial charge in [-0.1, -0.05) is 44.0 Å². The van der Waals surface area contributed by atoms with Gasteiger partial charge in [0.15, 0.2) is 0 Å². The van der Waals surface area contributed by atoms with E-state index in [2.05, 4.69) is 6.92 Å². The van der Waals surface area contributed by atoms with Crippen molar-refractivity contribution in [3.8, 4) is 0 Å². The molecular weight excluding hydrogens is 316 g/mol. The Hall–Kier alpha value is -1.84. The summed E-state index contributed by atoms with van der Waals surface area (Å²) in [6, 6.07) is 7.81. The van der Waals surface area contributed by atoms with Crippen molar-refractivity contribution in [1.82, 2.24) is 0 Å². The molecule has 0 bridgehead atoms. The summed E-state index contributed by atoms with van der Waals surface area (Å²) in [6.45, 7) is 3.82. The third-order valence-corrected chi connectivity index (χ3v) is 5.20. The van der Waals surface area contributed by atoms with Crippen LogP contribution >= 0.6 is 0 Å². The number of benzene rings is 1. The molecule has 0 aromatic heterocycles. The van der Waals surface area contributed by atoms with Crippen LogP contribution in [-0.2, 0) is 20.7 Å². The number of unbranched alkanes of at least 4 members (excludes halogenated alkanes) is 2. The molecule has 0 spiro atoms. The minimum atomic E-state index is -0.807. The molecule has 3 atom stereocenters. The van der Waals surface area contributed by atoms with E-state index in [0.717, 1.165) is 50.5 Å². The van der Waals surface area contributed by atoms with Crippen molar-refractivity contribution in [2.45, 2.75) is 77.2 Å². The van der Waals surface area contributed by atoms with E-state index in [1.54, 1.807) is 6.92 Å². The highest BCUT2D eigenvalue weighted by molar-refractivity contribution is 5.75. The van der Waals surface area contributed by atoms with Crippen molar-refractivity contribution in [1.29, 1.82) is 0 Å². The van der Waals surface area contributed by atoms with Gasteiger partial charge in [0.2, 0.25) is 0 Å². The molecule has 1 saturated carbocycles. The quantitative estimate of drug-likeness (QED) is 0.519. The molecule has 1 aliphatic carbocycles. The molecule has 1 N–H and O–H groups in total. The lowest BCUT2D eigenvalue weighted by molar-refractivity contribution is -0.151. The van der Waals surface area contributed by atoms with E-state index in [4.69, 9.17) is 9.84 Å². The number of ether oxygens (including phenoxy) is 1. The standard InChI is InChI=1S/C21H30O4/c1-3-4-5-9-20(22)25-19-8-6-7-18(19)14-16-10-12-17(13-11-16)15(2)21(23)24/h10-13,15,18-19H,3-9,14H2,1-2H3,(H,23,24)/t15-,18+,19-/m0/s1. The predicted octanol–water partition coefficient (Wildman–Crippen LogP) is 4.71. The molecule has 1 aromatic rings. The van der Waals surface area contributed by atoms with Crippen molar-refractivity contribution >= 4 is 11.9 Å². The van der Waals surface area contributed by atoms with Crippen LogP contribution in [0.25, 0.3) is 0 Å². The van der Waals surface area contributed by atoms with Gasteiger partial charge >= 0.3 is 11.9 Å². The molecule has 0 radical (unpaired) electrons. The van der Waals surface area contributed by atoms with Crippen LogP contribution in [0.4, 0.5) is 0 Å². The summed E-state index contributed by atoms with van der Waals surface area (Å²) in [5, 5.41) is 9.08. The highest BCUT2D eigenvalue weighted by atomic mass is 16.5. The average molecular weight is 346 g/mol. The molecule has 138 valence electrons. The molecular formula is C21H30O4. The minimum absolute atomic E-state index is 0.0340. The lowest BCUT2D eigenvalue weighted by Crippen LogP contribution is -2.23. The van der Waals surface area contributed by atoms with Crippen molar-refractivity contribution in [2.75, 3.05) is 0 Å². The van der Waals surface area contributed by atoms with E-state index in [1.165, 1.54) is 5.56 Å². The van der Waals surface area contributed by atoms with Crippen LogP contribution in [0.1, 0.15) is 75.8 Å². The Kier molecular flexibility index (Phi) is 7.48. The van der Waals surface area contributed by atoms with Gasteiger partial charge in [-0.3, -0.25) is 9.59 Å². The Morgan fingerprint density at radius 3 is 2.56 bits per heavy atom. The van der Waals surface area contributed by atoms with Crippen molar-refractivity contribution in [3.63, 3.8) is 0 Å². The van der Waals surface area contributed by atoms with Crippen molar-refractivity contribution in [2.24, 2.45) is 5.92 Å². The second-order valence-corrected chi connectivity index (χ2v) is 7.18. The highest BCUT2D eigenvalue weighted by Gasteiger charge is 2.30. The van der Waals surface area contributed by atoms with E-state index in [1.807, 2.05) is 24.3 Å². The fourth-order valence-electron chi connectivity index (χ4n) is 3.53. The van der Waals surface area contributed by atoms with E-state index in [9.17, 15) is 9.59 Å². The van der Waals surface area contributed by atoms with E-state index in [-0.39, 0.29) is 12.1 Å². The molecule has 1 aliphatic rings. The predicted molar refractivity (Wildman–Crippen MR) is 97.6 cm³/mol. The Morgan fingerprint density at radius 1 is 1.20 bits per heavy atom. The Balaban J connectivity index is 1.88. The van der Waals surface area contributed by atoms with Crippen LogP contribution in [0, 0.1) is 5.92 Å². The molecule has 0 heterocycles. The molecule has 4 nitrogen and oxygen atoms in total. The first kappa shape index (κ1) is 19.5. The largest absolute Gasteiger partial charge is 0.481 e. The van der Waals surface area contributed by atoms with Gasteiger partial charge < -0.3 is 9.84 Å². The number of carbonyl (C=O) groups is 2. The number of rotatable bonds is 9. The maximum Gasteiger partial charge on any atom is 0.310 e. The molecule has 0 amide bonds. The summed E-state index contributed by atoms with van der Waals surface area (Å²) in [4.78, 5) is 23.0. The highest BCUT2D eigenvalue weighted by Crippen LogP contribution is 2.32. The number of hydrogen-bond acceptors (Lipinski definition) is 3. The van der Waals surface area contributed by atoms with Crippen LogP contribution in [0.3, 0.4) is 0 Å². The fourth-order valence-corrected chi connectivity index (χ4v) is 3.53. The van der Waals surface area contributed by atoms with Gasteiger partial charge in [-0.2, -0.15) is 0 Å². The molecule has 0 aliphatic heterocycles. The van der Waals surface area contributed by atoms with Gasteiger partial charge in [0.25, 0.3) is 0 Å². The fraction of sp³-hybridized carbons (Fsp3) is 0.619. The summed E-state index contributed by atoms with van der Waals surface area (Å²) in [5.74, 6) is -0.982. The van der Waals surface area contributed by atoms with E-state index >= 15 is 0 Å². The maximum atomic E-state index is 12.0. The molecule has 2 rings (SSSR count). The summed E-state index contributed by atoms with van der Waals surface area (Å²) < 4.78 is 5.72. The summed E-state index contributed by atoms with van der Waals surface area (Å²) in [6.07, 6.45) is 7.68. The van der Waals surface area contributed by atoms with Gasteiger partial charge in [0.05, 0.1) is 5.92 Å².